The van der Waals surface area contributed by atoms with Crippen molar-refractivity contribution >= 4 is 12.0 Å². The summed E-state index contributed by atoms with van der Waals surface area (Å²) in [7, 11) is 1.77. The number of benzene rings is 2. The highest BCUT2D eigenvalue weighted by Gasteiger charge is 2.43. The van der Waals surface area contributed by atoms with Crippen molar-refractivity contribution in [2.75, 3.05) is 7.05 Å². The van der Waals surface area contributed by atoms with Crippen LogP contribution in [0.5, 0.6) is 0 Å². The zero-order valence-electron chi connectivity index (χ0n) is 17.6. The monoisotopic (exact) mass is 410 g/mol. The molecule has 0 aromatic heterocycles. The van der Waals surface area contributed by atoms with Crippen molar-refractivity contribution in [1.82, 2.24) is 9.80 Å². The van der Waals surface area contributed by atoms with Crippen LogP contribution >= 0.6 is 0 Å². The van der Waals surface area contributed by atoms with Crippen LogP contribution in [0.4, 0.5) is 4.79 Å². The van der Waals surface area contributed by atoms with Gasteiger partial charge in [0.15, 0.2) is 0 Å². The van der Waals surface area contributed by atoms with E-state index in [0.717, 1.165) is 24.0 Å². The SMILES string of the molecule is CCCC(c1ccccc1)N(C)C(=O)[C@@H]1CCC(O)N1C(=O)OCc1ccccc1. The summed E-state index contributed by atoms with van der Waals surface area (Å²) in [5, 5.41) is 10.4. The number of likely N-dealkylation sites (N-methyl/N-ethyl adjacent to an activating group) is 1. The van der Waals surface area contributed by atoms with E-state index < -0.39 is 18.4 Å². The predicted octanol–water partition coefficient (Wildman–Crippen LogP) is 4.11. The lowest BCUT2D eigenvalue weighted by molar-refractivity contribution is -0.138. The van der Waals surface area contributed by atoms with Crippen LogP contribution in [0.2, 0.25) is 0 Å². The standard InChI is InChI=1S/C24H30N2O4/c1-3-10-20(19-13-8-5-9-14-19)25(2)23(28)21-15-16-22(27)26(21)24(29)30-17-18-11-6-4-7-12-18/h4-9,11-14,20-22,27H,3,10,15-17H2,1-2H3/t20?,21-,22?/m0/s1. The Labute approximate surface area is 178 Å². The van der Waals surface area contributed by atoms with Crippen molar-refractivity contribution in [1.29, 1.82) is 0 Å². The summed E-state index contributed by atoms with van der Waals surface area (Å²) in [6.45, 7) is 2.18. The number of amides is 2. The van der Waals surface area contributed by atoms with E-state index in [1.807, 2.05) is 60.7 Å². The van der Waals surface area contributed by atoms with Gasteiger partial charge in [0.1, 0.15) is 18.9 Å². The van der Waals surface area contributed by atoms with Gasteiger partial charge in [0, 0.05) is 7.05 Å². The Hall–Kier alpha value is -2.86. The number of rotatable bonds is 7. The Kier molecular flexibility index (Phi) is 7.46. The summed E-state index contributed by atoms with van der Waals surface area (Å²) >= 11 is 0. The van der Waals surface area contributed by atoms with Crippen molar-refractivity contribution in [2.45, 2.75) is 57.5 Å². The van der Waals surface area contributed by atoms with Crippen molar-refractivity contribution in [3.8, 4) is 0 Å². The molecule has 1 N–H and O–H groups in total. The van der Waals surface area contributed by atoms with Gasteiger partial charge < -0.3 is 14.7 Å². The molecular weight excluding hydrogens is 380 g/mol. The summed E-state index contributed by atoms with van der Waals surface area (Å²) in [6.07, 6.45) is 0.833. The molecule has 1 aliphatic heterocycles. The van der Waals surface area contributed by atoms with E-state index in [9.17, 15) is 14.7 Å². The second-order valence-corrected chi connectivity index (χ2v) is 7.69. The van der Waals surface area contributed by atoms with Crippen LogP contribution in [0.25, 0.3) is 0 Å². The van der Waals surface area contributed by atoms with E-state index in [1.54, 1.807) is 11.9 Å². The van der Waals surface area contributed by atoms with Crippen LogP contribution in [-0.2, 0) is 16.1 Å². The predicted molar refractivity (Wildman–Crippen MR) is 114 cm³/mol. The highest BCUT2D eigenvalue weighted by molar-refractivity contribution is 5.86. The zero-order chi connectivity index (χ0) is 21.5. The van der Waals surface area contributed by atoms with Crippen LogP contribution in [0, 0.1) is 0 Å². The van der Waals surface area contributed by atoms with Crippen molar-refractivity contribution in [2.24, 2.45) is 0 Å². The number of carbonyl (C=O) groups excluding carboxylic acids is 2. The summed E-state index contributed by atoms with van der Waals surface area (Å²) in [5.41, 5.74) is 1.92. The molecule has 2 aromatic rings. The molecule has 2 unspecified atom stereocenters. The fourth-order valence-corrected chi connectivity index (χ4v) is 4.00. The van der Waals surface area contributed by atoms with Crippen LogP contribution < -0.4 is 0 Å². The van der Waals surface area contributed by atoms with Gasteiger partial charge in [-0.25, -0.2) is 4.79 Å². The normalized spacial score (nSPS) is 19.4. The minimum atomic E-state index is -1.02. The molecule has 1 fully saturated rings. The van der Waals surface area contributed by atoms with Gasteiger partial charge in [0.2, 0.25) is 5.91 Å². The molecule has 30 heavy (non-hydrogen) atoms. The molecule has 0 radical (unpaired) electrons. The molecule has 1 saturated heterocycles. The first-order chi connectivity index (χ1) is 14.5. The highest BCUT2D eigenvalue weighted by Crippen LogP contribution is 2.30. The fourth-order valence-electron chi connectivity index (χ4n) is 4.00. The molecule has 2 amide bonds. The molecule has 3 rings (SSSR count). The van der Waals surface area contributed by atoms with E-state index in [0.29, 0.717) is 12.8 Å². The summed E-state index contributed by atoms with van der Waals surface area (Å²) in [4.78, 5) is 28.9. The van der Waals surface area contributed by atoms with Gasteiger partial charge in [-0.1, -0.05) is 74.0 Å². The number of aliphatic hydroxyl groups is 1. The molecular formula is C24H30N2O4. The first kappa shape index (κ1) is 21.8. The number of likely N-dealkylation sites (tertiary alicyclic amines) is 1. The lowest BCUT2D eigenvalue weighted by Gasteiger charge is -2.34. The number of nitrogens with zero attached hydrogens (tertiary/aromatic N) is 2. The zero-order valence-corrected chi connectivity index (χ0v) is 17.6. The van der Waals surface area contributed by atoms with Crippen LogP contribution in [0.3, 0.4) is 0 Å². The maximum atomic E-state index is 13.3. The first-order valence-electron chi connectivity index (χ1n) is 10.5. The Morgan fingerprint density at radius 3 is 2.37 bits per heavy atom. The molecule has 0 bridgehead atoms. The van der Waals surface area contributed by atoms with Crippen LogP contribution in [0.15, 0.2) is 60.7 Å². The molecule has 0 aliphatic carbocycles. The van der Waals surface area contributed by atoms with E-state index in [2.05, 4.69) is 6.92 Å². The Morgan fingerprint density at radius 1 is 1.10 bits per heavy atom. The Balaban J connectivity index is 1.71. The van der Waals surface area contributed by atoms with Gasteiger partial charge >= 0.3 is 6.09 Å². The molecule has 1 aliphatic rings. The summed E-state index contributed by atoms with van der Waals surface area (Å²) in [6, 6.07) is 18.4. The van der Waals surface area contributed by atoms with Gasteiger partial charge in [-0.15, -0.1) is 0 Å². The number of ether oxygens (including phenoxy) is 1. The van der Waals surface area contributed by atoms with Crippen molar-refractivity contribution < 1.29 is 19.4 Å². The fraction of sp³-hybridized carbons (Fsp3) is 0.417. The minimum Gasteiger partial charge on any atom is -0.444 e. The smallest absolute Gasteiger partial charge is 0.412 e. The molecule has 160 valence electrons. The summed E-state index contributed by atoms with van der Waals surface area (Å²) < 4.78 is 5.39. The maximum absolute atomic E-state index is 13.3. The van der Waals surface area contributed by atoms with Gasteiger partial charge in [0.05, 0.1) is 6.04 Å². The lowest BCUT2D eigenvalue weighted by Crippen LogP contribution is -2.50. The molecule has 2 aromatic carbocycles. The molecule has 6 nitrogen and oxygen atoms in total. The Morgan fingerprint density at radius 2 is 1.73 bits per heavy atom. The average molecular weight is 411 g/mol. The topological polar surface area (TPSA) is 70.1 Å². The van der Waals surface area contributed by atoms with Gasteiger partial charge in [-0.3, -0.25) is 9.69 Å². The molecule has 0 saturated carbocycles. The summed E-state index contributed by atoms with van der Waals surface area (Å²) in [5.74, 6) is -0.175. The van der Waals surface area contributed by atoms with Gasteiger partial charge in [-0.05, 0) is 30.4 Å². The second kappa shape index (κ2) is 10.3. The number of hydrogen-bond donors (Lipinski definition) is 1. The van der Waals surface area contributed by atoms with Crippen LogP contribution in [-0.4, -0.2) is 46.2 Å². The lowest BCUT2D eigenvalue weighted by atomic mass is 10.00. The van der Waals surface area contributed by atoms with Gasteiger partial charge in [-0.2, -0.15) is 0 Å². The number of carbonyl (C=O) groups is 2. The molecule has 1 heterocycles. The third kappa shape index (κ3) is 5.00. The van der Waals surface area contributed by atoms with Gasteiger partial charge in [0.25, 0.3) is 0 Å². The number of hydrogen-bond acceptors (Lipinski definition) is 4. The van der Waals surface area contributed by atoms with Crippen LogP contribution in [0.1, 0.15) is 49.8 Å². The Bertz CT molecular complexity index is 828. The van der Waals surface area contributed by atoms with E-state index in [1.165, 1.54) is 4.90 Å². The minimum absolute atomic E-state index is 0.0800. The third-order valence-electron chi connectivity index (χ3n) is 5.62. The second-order valence-electron chi connectivity index (χ2n) is 7.69. The van der Waals surface area contributed by atoms with E-state index in [-0.39, 0.29) is 18.6 Å². The third-order valence-corrected chi connectivity index (χ3v) is 5.62. The first-order valence-corrected chi connectivity index (χ1v) is 10.5. The molecule has 3 atom stereocenters. The average Bonchev–Trinajstić information content (AvgIpc) is 3.17. The molecule has 0 spiro atoms. The number of aliphatic hydroxyl groups excluding tert-OH is 1. The maximum Gasteiger partial charge on any atom is 0.412 e. The molecule has 6 heteroatoms. The van der Waals surface area contributed by atoms with E-state index in [4.69, 9.17) is 4.74 Å². The quantitative estimate of drug-likeness (QED) is 0.746. The van der Waals surface area contributed by atoms with E-state index >= 15 is 0 Å². The largest absolute Gasteiger partial charge is 0.444 e. The van der Waals surface area contributed by atoms with Crippen molar-refractivity contribution in [3.05, 3.63) is 71.8 Å². The van der Waals surface area contributed by atoms with Crippen molar-refractivity contribution in [3.63, 3.8) is 0 Å². The highest BCUT2D eigenvalue weighted by atomic mass is 16.6.